The van der Waals surface area contributed by atoms with Gasteiger partial charge >= 0.3 is 0 Å². The Morgan fingerprint density at radius 2 is 2.07 bits per heavy atom. The minimum absolute atomic E-state index is 0.0669. The topological polar surface area (TPSA) is 116 Å². The van der Waals surface area contributed by atoms with Gasteiger partial charge in [0.1, 0.15) is 10.6 Å². The zero-order valence-corrected chi connectivity index (χ0v) is 17.8. The SMILES string of the molecule is COc1ccccc1S(=O)(=O)N[C@H]1CC[C@H](CCn2cc(C3CC3)nn2)O[C@@H]1CO. The molecule has 1 aliphatic carbocycles. The summed E-state index contributed by atoms with van der Waals surface area (Å²) in [5.74, 6) is 0.846. The molecule has 2 fully saturated rings. The van der Waals surface area contributed by atoms with E-state index < -0.39 is 22.2 Å². The van der Waals surface area contributed by atoms with Crippen molar-refractivity contribution in [2.75, 3.05) is 13.7 Å². The fourth-order valence-electron chi connectivity index (χ4n) is 3.85. The van der Waals surface area contributed by atoms with E-state index in [4.69, 9.17) is 9.47 Å². The zero-order chi connectivity index (χ0) is 21.1. The summed E-state index contributed by atoms with van der Waals surface area (Å²) in [4.78, 5) is 0.0731. The minimum Gasteiger partial charge on any atom is -0.495 e. The molecule has 164 valence electrons. The van der Waals surface area contributed by atoms with Gasteiger partial charge in [0.25, 0.3) is 0 Å². The predicted molar refractivity (Wildman–Crippen MR) is 109 cm³/mol. The smallest absolute Gasteiger partial charge is 0.244 e. The maximum absolute atomic E-state index is 12.8. The lowest BCUT2D eigenvalue weighted by molar-refractivity contribution is -0.0891. The van der Waals surface area contributed by atoms with E-state index in [1.54, 1.807) is 18.2 Å². The number of sulfonamides is 1. The van der Waals surface area contributed by atoms with Crippen molar-refractivity contribution >= 4 is 10.0 Å². The number of nitrogens with zero attached hydrogens (tertiary/aromatic N) is 3. The zero-order valence-electron chi connectivity index (χ0n) is 17.0. The maximum atomic E-state index is 12.8. The fraction of sp³-hybridized carbons (Fsp3) is 0.600. The van der Waals surface area contributed by atoms with E-state index in [0.29, 0.717) is 25.3 Å². The Balaban J connectivity index is 1.34. The molecular weight excluding hydrogens is 408 g/mol. The van der Waals surface area contributed by atoms with Gasteiger partial charge in [0.05, 0.1) is 37.7 Å². The number of hydrogen-bond donors (Lipinski definition) is 2. The van der Waals surface area contributed by atoms with Crippen LogP contribution in [0.2, 0.25) is 0 Å². The molecule has 30 heavy (non-hydrogen) atoms. The highest BCUT2D eigenvalue weighted by atomic mass is 32.2. The van der Waals surface area contributed by atoms with Gasteiger partial charge in [-0.1, -0.05) is 17.3 Å². The molecule has 0 radical (unpaired) electrons. The largest absolute Gasteiger partial charge is 0.495 e. The number of aryl methyl sites for hydroxylation is 1. The summed E-state index contributed by atoms with van der Waals surface area (Å²) in [5, 5.41) is 18.2. The van der Waals surface area contributed by atoms with Crippen LogP contribution in [0.25, 0.3) is 0 Å². The Labute approximate surface area is 176 Å². The van der Waals surface area contributed by atoms with Crippen molar-refractivity contribution < 1.29 is 23.0 Å². The molecule has 9 nitrogen and oxygen atoms in total. The average Bonchev–Trinajstić information content (AvgIpc) is 3.50. The highest BCUT2D eigenvalue weighted by Gasteiger charge is 2.34. The van der Waals surface area contributed by atoms with Gasteiger partial charge < -0.3 is 14.6 Å². The molecule has 4 rings (SSSR count). The molecule has 3 atom stereocenters. The third-order valence-electron chi connectivity index (χ3n) is 5.69. The number of aromatic nitrogens is 3. The first-order valence-electron chi connectivity index (χ1n) is 10.3. The van der Waals surface area contributed by atoms with Gasteiger partial charge in [-0.3, -0.25) is 4.68 Å². The Morgan fingerprint density at radius 1 is 1.27 bits per heavy atom. The number of aliphatic hydroxyl groups is 1. The van der Waals surface area contributed by atoms with E-state index in [0.717, 1.165) is 12.1 Å². The summed E-state index contributed by atoms with van der Waals surface area (Å²) in [6, 6.07) is 5.95. The van der Waals surface area contributed by atoms with E-state index in [1.807, 2.05) is 10.9 Å². The quantitative estimate of drug-likeness (QED) is 0.611. The van der Waals surface area contributed by atoms with Crippen LogP contribution < -0.4 is 9.46 Å². The van der Waals surface area contributed by atoms with Crippen LogP contribution >= 0.6 is 0 Å². The van der Waals surface area contributed by atoms with E-state index in [2.05, 4.69) is 15.0 Å². The third-order valence-corrected chi connectivity index (χ3v) is 7.22. The highest BCUT2D eigenvalue weighted by molar-refractivity contribution is 7.89. The van der Waals surface area contributed by atoms with Gasteiger partial charge in [0, 0.05) is 18.7 Å². The first-order valence-corrected chi connectivity index (χ1v) is 11.8. The molecule has 10 heteroatoms. The molecule has 1 aliphatic heterocycles. The van der Waals surface area contributed by atoms with Crippen molar-refractivity contribution in [2.45, 2.75) is 67.7 Å². The Morgan fingerprint density at radius 3 is 2.80 bits per heavy atom. The average molecular weight is 437 g/mol. The second kappa shape index (κ2) is 9.01. The summed E-state index contributed by atoms with van der Waals surface area (Å²) in [6.45, 7) is 0.422. The number of hydrogen-bond acceptors (Lipinski definition) is 7. The monoisotopic (exact) mass is 436 g/mol. The predicted octanol–water partition coefficient (Wildman–Crippen LogP) is 1.44. The molecule has 2 heterocycles. The van der Waals surface area contributed by atoms with Gasteiger partial charge in [0.15, 0.2) is 0 Å². The number of para-hydroxylation sites is 1. The normalized spacial score (nSPS) is 24.7. The van der Waals surface area contributed by atoms with Crippen LogP contribution in [0.1, 0.15) is 43.7 Å². The fourth-order valence-corrected chi connectivity index (χ4v) is 5.32. The van der Waals surface area contributed by atoms with Crippen molar-refractivity contribution in [2.24, 2.45) is 0 Å². The number of rotatable bonds is 9. The van der Waals surface area contributed by atoms with Gasteiger partial charge in [0.2, 0.25) is 10.0 Å². The highest BCUT2D eigenvalue weighted by Crippen LogP contribution is 2.38. The van der Waals surface area contributed by atoms with Crippen LogP contribution in [0.15, 0.2) is 35.4 Å². The summed E-state index contributed by atoms with van der Waals surface area (Å²) in [6.07, 6.45) is 5.70. The minimum atomic E-state index is -3.81. The van der Waals surface area contributed by atoms with Crippen molar-refractivity contribution in [3.05, 3.63) is 36.2 Å². The number of ether oxygens (including phenoxy) is 2. The molecule has 2 aromatic rings. The molecule has 1 saturated carbocycles. The second-order valence-corrected chi connectivity index (χ2v) is 9.59. The third kappa shape index (κ3) is 4.83. The summed E-state index contributed by atoms with van der Waals surface area (Å²) in [7, 11) is -2.37. The van der Waals surface area contributed by atoms with Crippen LogP contribution in [-0.2, 0) is 21.3 Å². The first kappa shape index (κ1) is 21.2. The lowest BCUT2D eigenvalue weighted by Crippen LogP contribution is -2.51. The van der Waals surface area contributed by atoms with Crippen molar-refractivity contribution in [3.63, 3.8) is 0 Å². The second-order valence-electron chi connectivity index (χ2n) is 7.90. The lowest BCUT2D eigenvalue weighted by Gasteiger charge is -2.36. The van der Waals surface area contributed by atoms with Gasteiger partial charge in [-0.05, 0) is 44.2 Å². The van der Waals surface area contributed by atoms with Gasteiger partial charge in [-0.25, -0.2) is 13.1 Å². The maximum Gasteiger partial charge on any atom is 0.244 e. The Hall–Kier alpha value is -2.01. The van der Waals surface area contributed by atoms with Crippen LogP contribution in [0.4, 0.5) is 0 Å². The summed E-state index contributed by atoms with van der Waals surface area (Å²) >= 11 is 0. The summed E-state index contributed by atoms with van der Waals surface area (Å²) in [5.41, 5.74) is 1.05. The molecule has 1 saturated heterocycles. The number of benzene rings is 1. The van der Waals surface area contributed by atoms with E-state index in [1.165, 1.54) is 26.0 Å². The molecular formula is C20H28N4O5S. The van der Waals surface area contributed by atoms with Crippen LogP contribution in [-0.4, -0.2) is 60.5 Å². The molecule has 0 unspecified atom stereocenters. The number of methoxy groups -OCH3 is 1. The lowest BCUT2D eigenvalue weighted by atomic mass is 9.98. The Bertz CT molecular complexity index is 960. The molecule has 0 bridgehead atoms. The summed E-state index contributed by atoms with van der Waals surface area (Å²) < 4.78 is 41.4. The van der Waals surface area contributed by atoms with Crippen LogP contribution in [0.3, 0.4) is 0 Å². The molecule has 1 aromatic heterocycles. The van der Waals surface area contributed by atoms with E-state index >= 15 is 0 Å². The number of aliphatic hydroxyl groups excluding tert-OH is 1. The molecule has 0 amide bonds. The Kier molecular flexibility index (Phi) is 6.37. The standard InChI is InChI=1S/C20H28N4O5S/c1-28-18-4-2-3-5-20(18)30(26,27)22-16-9-8-15(29-19(16)13-25)10-11-24-12-17(21-23-24)14-6-7-14/h2-5,12,14-16,19,22,25H,6-11,13H2,1H3/t15-,16+,19-/m1/s1. The van der Waals surface area contributed by atoms with Crippen LogP contribution in [0, 0.1) is 0 Å². The van der Waals surface area contributed by atoms with Gasteiger partial charge in [-0.2, -0.15) is 0 Å². The van der Waals surface area contributed by atoms with Crippen LogP contribution in [0.5, 0.6) is 5.75 Å². The van der Waals surface area contributed by atoms with Crippen molar-refractivity contribution in [1.29, 1.82) is 0 Å². The molecule has 2 aliphatic rings. The molecule has 1 aromatic carbocycles. The molecule has 0 spiro atoms. The van der Waals surface area contributed by atoms with E-state index in [-0.39, 0.29) is 23.4 Å². The van der Waals surface area contributed by atoms with Gasteiger partial charge in [-0.15, -0.1) is 5.10 Å². The first-order chi connectivity index (χ1) is 14.5. The van der Waals surface area contributed by atoms with E-state index in [9.17, 15) is 13.5 Å². The number of nitrogens with one attached hydrogen (secondary N) is 1. The molecule has 2 N–H and O–H groups in total. The van der Waals surface area contributed by atoms with Crippen molar-refractivity contribution in [3.8, 4) is 5.75 Å². The van der Waals surface area contributed by atoms with Crippen molar-refractivity contribution in [1.82, 2.24) is 19.7 Å².